The van der Waals surface area contributed by atoms with Gasteiger partial charge in [-0.25, -0.2) is 0 Å². The molecular formula is C15H30O2S. The summed E-state index contributed by atoms with van der Waals surface area (Å²) in [5.74, 6) is 0.994. The lowest BCUT2D eigenvalue weighted by molar-refractivity contribution is -0.114. The van der Waals surface area contributed by atoms with Gasteiger partial charge in [0.15, 0.2) is 11.5 Å². The maximum Gasteiger partial charge on any atom is 0.178 e. The summed E-state index contributed by atoms with van der Waals surface area (Å²) in [6.07, 6.45) is 12.9. The topological polar surface area (TPSA) is 40.1 Å². The van der Waals surface area contributed by atoms with E-state index in [9.17, 15) is 9.35 Å². The Kier molecular flexibility index (Phi) is 13.4. The molecule has 0 heterocycles. The first-order chi connectivity index (χ1) is 8.66. The van der Waals surface area contributed by atoms with E-state index in [1.165, 1.54) is 64.7 Å². The Balaban J connectivity index is 3.09. The molecule has 0 saturated carbocycles. The lowest BCUT2D eigenvalue weighted by Crippen LogP contribution is -2.16. The molecule has 0 fully saturated rings. The molecule has 0 aliphatic rings. The van der Waals surface area contributed by atoms with Crippen molar-refractivity contribution in [3.63, 3.8) is 0 Å². The standard InChI is InChI=1S/C15H30O2S/c1-3-4-5-6-7-8-9-10-11-12-13-18(17)14-15(2)16/h3-14H2,1-2H3. The molecular weight excluding hydrogens is 244 g/mol. The molecule has 0 N–H and O–H groups in total. The van der Waals surface area contributed by atoms with E-state index in [1.807, 2.05) is 0 Å². The molecule has 1 atom stereocenters. The van der Waals surface area contributed by atoms with Crippen LogP contribution >= 0.6 is 0 Å². The summed E-state index contributed by atoms with van der Waals surface area (Å²) in [4.78, 5) is 10.7. The number of hydrogen-bond donors (Lipinski definition) is 0. The Labute approximate surface area is 116 Å². The van der Waals surface area contributed by atoms with Crippen LogP contribution < -0.4 is 0 Å². The number of Topliss-reactive ketones (excluding diaryl/α,β-unsaturated/α-hetero) is 1. The lowest BCUT2D eigenvalue weighted by atomic mass is 10.1. The first kappa shape index (κ1) is 18.0. The molecule has 0 saturated heterocycles. The molecule has 0 aliphatic carbocycles. The van der Waals surface area contributed by atoms with Crippen molar-refractivity contribution < 1.29 is 9.35 Å². The van der Waals surface area contributed by atoms with Crippen LogP contribution in [-0.2, 0) is 16.0 Å². The van der Waals surface area contributed by atoms with Crippen molar-refractivity contribution in [3.8, 4) is 0 Å². The van der Waals surface area contributed by atoms with Crippen LogP contribution in [0.1, 0.15) is 78.1 Å². The van der Waals surface area contributed by atoms with Gasteiger partial charge in [0.25, 0.3) is 0 Å². The summed E-state index contributed by atoms with van der Waals surface area (Å²) in [5, 5.41) is 0. The molecule has 0 bridgehead atoms. The van der Waals surface area contributed by atoms with E-state index in [1.54, 1.807) is 0 Å². The van der Waals surface area contributed by atoms with Gasteiger partial charge in [-0.1, -0.05) is 58.3 Å². The minimum Gasteiger partial charge on any atom is -0.616 e. The molecule has 0 rings (SSSR count). The SMILES string of the molecule is CCCCCCCCCCCC[S+]([O-])CC(C)=O. The van der Waals surface area contributed by atoms with Gasteiger partial charge in [0.2, 0.25) is 0 Å². The second kappa shape index (κ2) is 13.4. The van der Waals surface area contributed by atoms with E-state index in [0.29, 0.717) is 5.75 Å². The van der Waals surface area contributed by atoms with Gasteiger partial charge in [0.05, 0.1) is 0 Å². The number of hydrogen-bond acceptors (Lipinski definition) is 2. The summed E-state index contributed by atoms with van der Waals surface area (Å²) >= 11 is -0.912. The molecule has 108 valence electrons. The van der Waals surface area contributed by atoms with Crippen molar-refractivity contribution in [3.05, 3.63) is 0 Å². The average molecular weight is 274 g/mol. The Morgan fingerprint density at radius 1 is 0.889 bits per heavy atom. The predicted molar refractivity (Wildman–Crippen MR) is 80.4 cm³/mol. The largest absolute Gasteiger partial charge is 0.616 e. The fourth-order valence-electron chi connectivity index (χ4n) is 2.05. The zero-order chi connectivity index (χ0) is 13.6. The quantitative estimate of drug-likeness (QED) is 0.372. The van der Waals surface area contributed by atoms with E-state index < -0.39 is 11.2 Å². The molecule has 2 nitrogen and oxygen atoms in total. The van der Waals surface area contributed by atoms with Crippen LogP contribution in [0.5, 0.6) is 0 Å². The molecule has 0 amide bonds. The smallest absolute Gasteiger partial charge is 0.178 e. The first-order valence-corrected chi connectivity index (χ1v) is 9.00. The Morgan fingerprint density at radius 3 is 1.78 bits per heavy atom. The number of ketones is 1. The number of carbonyl (C=O) groups is 1. The third-order valence-electron chi connectivity index (χ3n) is 3.09. The maximum absolute atomic E-state index is 11.4. The molecule has 1 unspecified atom stereocenters. The minimum atomic E-state index is -0.912. The van der Waals surface area contributed by atoms with Gasteiger partial charge in [0.1, 0.15) is 5.75 Å². The number of rotatable bonds is 13. The Hall–Kier alpha value is -0.0200. The molecule has 3 heteroatoms. The fourth-order valence-corrected chi connectivity index (χ4v) is 3.17. The van der Waals surface area contributed by atoms with Crippen LogP contribution in [0.3, 0.4) is 0 Å². The normalized spacial score (nSPS) is 12.6. The van der Waals surface area contributed by atoms with Gasteiger partial charge in [-0.3, -0.25) is 4.79 Å². The van der Waals surface area contributed by atoms with Crippen LogP contribution in [0, 0.1) is 0 Å². The summed E-state index contributed by atoms with van der Waals surface area (Å²) in [6.45, 7) is 3.76. The van der Waals surface area contributed by atoms with Crippen molar-refractivity contribution in [2.24, 2.45) is 0 Å². The molecule has 18 heavy (non-hydrogen) atoms. The van der Waals surface area contributed by atoms with Crippen LogP contribution in [-0.4, -0.2) is 21.8 Å². The monoisotopic (exact) mass is 274 g/mol. The highest BCUT2D eigenvalue weighted by Crippen LogP contribution is 2.11. The van der Waals surface area contributed by atoms with Crippen LogP contribution in [0.15, 0.2) is 0 Å². The Morgan fingerprint density at radius 2 is 1.33 bits per heavy atom. The van der Waals surface area contributed by atoms with Gasteiger partial charge in [0, 0.05) is 0 Å². The first-order valence-electron chi connectivity index (χ1n) is 7.51. The van der Waals surface area contributed by atoms with Crippen LogP contribution in [0.25, 0.3) is 0 Å². The van der Waals surface area contributed by atoms with Crippen LogP contribution in [0.2, 0.25) is 0 Å². The molecule has 0 radical (unpaired) electrons. The molecule has 0 aromatic carbocycles. The van der Waals surface area contributed by atoms with Crippen molar-refractivity contribution in [2.45, 2.75) is 78.1 Å². The van der Waals surface area contributed by atoms with Crippen molar-refractivity contribution >= 4 is 17.0 Å². The van der Waals surface area contributed by atoms with Crippen molar-refractivity contribution in [1.29, 1.82) is 0 Å². The van der Waals surface area contributed by atoms with Crippen molar-refractivity contribution in [1.82, 2.24) is 0 Å². The highest BCUT2D eigenvalue weighted by molar-refractivity contribution is 7.92. The van der Waals surface area contributed by atoms with E-state index >= 15 is 0 Å². The number of unbranched alkanes of at least 4 members (excludes halogenated alkanes) is 9. The highest BCUT2D eigenvalue weighted by atomic mass is 32.2. The van der Waals surface area contributed by atoms with E-state index in [0.717, 1.165) is 6.42 Å². The second-order valence-electron chi connectivity index (χ2n) is 5.17. The van der Waals surface area contributed by atoms with Gasteiger partial charge in [-0.2, -0.15) is 0 Å². The molecule has 0 aliphatic heterocycles. The molecule has 0 spiro atoms. The summed E-state index contributed by atoms with van der Waals surface area (Å²) in [5.41, 5.74) is 0. The van der Waals surface area contributed by atoms with Crippen LogP contribution in [0.4, 0.5) is 0 Å². The van der Waals surface area contributed by atoms with E-state index in [2.05, 4.69) is 6.92 Å². The van der Waals surface area contributed by atoms with Gasteiger partial charge in [-0.05, 0) is 30.9 Å². The summed E-state index contributed by atoms with van der Waals surface area (Å²) in [7, 11) is 0. The highest BCUT2D eigenvalue weighted by Gasteiger charge is 2.08. The summed E-state index contributed by atoms with van der Waals surface area (Å²) in [6, 6.07) is 0. The predicted octanol–water partition coefficient (Wildman–Crippen LogP) is 4.25. The van der Waals surface area contributed by atoms with Crippen molar-refractivity contribution in [2.75, 3.05) is 11.5 Å². The lowest BCUT2D eigenvalue weighted by Gasteiger charge is -2.08. The van der Waals surface area contributed by atoms with E-state index in [4.69, 9.17) is 0 Å². The number of carbonyl (C=O) groups excluding carboxylic acids is 1. The molecule has 0 aromatic rings. The van der Waals surface area contributed by atoms with Gasteiger partial charge < -0.3 is 4.55 Å². The third kappa shape index (κ3) is 14.0. The third-order valence-corrected chi connectivity index (χ3v) is 4.56. The van der Waals surface area contributed by atoms with Gasteiger partial charge in [-0.15, -0.1) is 0 Å². The minimum absolute atomic E-state index is 0.0420. The van der Waals surface area contributed by atoms with Gasteiger partial charge >= 0.3 is 0 Å². The second-order valence-corrected chi connectivity index (χ2v) is 6.75. The fraction of sp³-hybridized carbons (Fsp3) is 0.933. The maximum atomic E-state index is 11.4. The zero-order valence-electron chi connectivity index (χ0n) is 12.2. The average Bonchev–Trinajstić information content (AvgIpc) is 2.30. The summed E-state index contributed by atoms with van der Waals surface area (Å²) < 4.78 is 11.4. The van der Waals surface area contributed by atoms with E-state index in [-0.39, 0.29) is 11.5 Å². The zero-order valence-corrected chi connectivity index (χ0v) is 13.0. The Bertz CT molecular complexity index is 195. The molecule has 0 aromatic heterocycles.